The molecule has 1 aliphatic heterocycles. The number of amides is 2. The number of aromatic nitrogens is 1. The topological polar surface area (TPSA) is 84.7 Å². The van der Waals surface area contributed by atoms with E-state index < -0.39 is 0 Å². The maximum atomic E-state index is 11.9. The molecule has 7 heteroatoms. The highest BCUT2D eigenvalue weighted by atomic mass is 16.5. The minimum Gasteiger partial charge on any atom is -0.376 e. The van der Waals surface area contributed by atoms with Crippen LogP contribution in [0.2, 0.25) is 0 Å². The maximum Gasteiger partial charge on any atom is 0.240 e. The standard InChI is InChI=1S/C13H19N3O4/c1-9-6-12(15-20-9)16(10(2)17)8-13(18)14-7-11-4-3-5-19-11/h6,11H,3-5,7-8H2,1-2H3,(H,14,18). The Balaban J connectivity index is 1.87. The summed E-state index contributed by atoms with van der Waals surface area (Å²) in [6, 6.07) is 1.62. The lowest BCUT2D eigenvalue weighted by Crippen LogP contribution is -2.42. The second-order valence-corrected chi connectivity index (χ2v) is 4.84. The molecule has 0 saturated carbocycles. The predicted molar refractivity (Wildman–Crippen MR) is 71.3 cm³/mol. The average molecular weight is 281 g/mol. The first-order valence-corrected chi connectivity index (χ1v) is 6.66. The Bertz CT molecular complexity index is 480. The molecule has 1 aliphatic rings. The number of anilines is 1. The summed E-state index contributed by atoms with van der Waals surface area (Å²) in [5.41, 5.74) is 0. The van der Waals surface area contributed by atoms with Crippen LogP contribution in [0.15, 0.2) is 10.6 Å². The number of carbonyl (C=O) groups excluding carboxylic acids is 2. The van der Waals surface area contributed by atoms with Crippen LogP contribution in [0.25, 0.3) is 0 Å². The van der Waals surface area contributed by atoms with Gasteiger partial charge in [0.15, 0.2) is 5.82 Å². The third kappa shape index (κ3) is 3.80. The SMILES string of the molecule is CC(=O)N(CC(=O)NCC1CCCO1)c1cc(C)on1. The van der Waals surface area contributed by atoms with Crippen LogP contribution in [0.5, 0.6) is 0 Å². The Morgan fingerprint density at radius 1 is 1.55 bits per heavy atom. The van der Waals surface area contributed by atoms with Crippen molar-refractivity contribution in [2.45, 2.75) is 32.8 Å². The van der Waals surface area contributed by atoms with Crippen LogP contribution in [0, 0.1) is 6.92 Å². The highest BCUT2D eigenvalue weighted by molar-refractivity contribution is 5.96. The van der Waals surface area contributed by atoms with Crippen molar-refractivity contribution in [3.8, 4) is 0 Å². The minimum absolute atomic E-state index is 0.0754. The lowest BCUT2D eigenvalue weighted by molar-refractivity contribution is -0.123. The molecule has 1 saturated heterocycles. The Morgan fingerprint density at radius 2 is 2.35 bits per heavy atom. The van der Waals surface area contributed by atoms with Gasteiger partial charge in [-0.05, 0) is 19.8 Å². The van der Waals surface area contributed by atoms with Gasteiger partial charge in [-0.25, -0.2) is 0 Å². The average Bonchev–Trinajstić information content (AvgIpc) is 3.04. The molecule has 0 radical (unpaired) electrons. The van der Waals surface area contributed by atoms with E-state index in [1.54, 1.807) is 13.0 Å². The molecule has 2 heterocycles. The summed E-state index contributed by atoms with van der Waals surface area (Å²) in [5, 5.41) is 6.52. The molecule has 110 valence electrons. The van der Waals surface area contributed by atoms with Crippen molar-refractivity contribution in [3.05, 3.63) is 11.8 Å². The molecule has 1 N–H and O–H groups in total. The van der Waals surface area contributed by atoms with Crippen LogP contribution in [-0.2, 0) is 14.3 Å². The zero-order chi connectivity index (χ0) is 14.5. The van der Waals surface area contributed by atoms with E-state index in [0.29, 0.717) is 18.1 Å². The Morgan fingerprint density at radius 3 is 2.90 bits per heavy atom. The molecule has 2 rings (SSSR count). The van der Waals surface area contributed by atoms with E-state index in [1.165, 1.54) is 11.8 Å². The molecule has 1 unspecified atom stereocenters. The molecule has 20 heavy (non-hydrogen) atoms. The first kappa shape index (κ1) is 14.5. The van der Waals surface area contributed by atoms with E-state index in [0.717, 1.165) is 19.4 Å². The molecule has 0 spiro atoms. The van der Waals surface area contributed by atoms with Gasteiger partial charge in [-0.2, -0.15) is 0 Å². The summed E-state index contributed by atoms with van der Waals surface area (Å²) in [7, 11) is 0. The second-order valence-electron chi connectivity index (χ2n) is 4.84. The van der Waals surface area contributed by atoms with Crippen LogP contribution in [0.1, 0.15) is 25.5 Å². The van der Waals surface area contributed by atoms with Crippen molar-refractivity contribution in [2.24, 2.45) is 0 Å². The first-order valence-electron chi connectivity index (χ1n) is 6.66. The summed E-state index contributed by atoms with van der Waals surface area (Å²) in [4.78, 5) is 24.7. The summed E-state index contributed by atoms with van der Waals surface area (Å²) in [6.45, 7) is 4.26. The van der Waals surface area contributed by atoms with Crippen LogP contribution in [0.4, 0.5) is 5.82 Å². The normalized spacial score (nSPS) is 18.0. The number of hydrogen-bond donors (Lipinski definition) is 1. The molecule has 0 bridgehead atoms. The van der Waals surface area contributed by atoms with Gasteiger partial charge in [-0.1, -0.05) is 5.16 Å². The molecule has 1 aromatic heterocycles. The quantitative estimate of drug-likeness (QED) is 0.855. The van der Waals surface area contributed by atoms with Crippen LogP contribution in [-0.4, -0.2) is 42.8 Å². The first-order chi connectivity index (χ1) is 9.56. The van der Waals surface area contributed by atoms with Gasteiger partial charge in [0.2, 0.25) is 11.8 Å². The molecule has 1 aromatic rings. The molecule has 0 aromatic carbocycles. The predicted octanol–water partition coefficient (Wildman–Crippen LogP) is 0.631. The highest BCUT2D eigenvalue weighted by Gasteiger charge is 2.21. The van der Waals surface area contributed by atoms with E-state index in [2.05, 4.69) is 10.5 Å². The number of carbonyl (C=O) groups is 2. The monoisotopic (exact) mass is 281 g/mol. The van der Waals surface area contributed by atoms with Gasteiger partial charge in [0, 0.05) is 26.1 Å². The van der Waals surface area contributed by atoms with Gasteiger partial charge in [0.1, 0.15) is 12.3 Å². The third-order valence-electron chi connectivity index (χ3n) is 3.12. The van der Waals surface area contributed by atoms with Gasteiger partial charge in [0.05, 0.1) is 6.10 Å². The summed E-state index contributed by atoms with van der Waals surface area (Å²) < 4.78 is 10.3. The Labute approximate surface area is 117 Å². The maximum absolute atomic E-state index is 11.9. The van der Waals surface area contributed by atoms with Crippen LogP contribution >= 0.6 is 0 Å². The van der Waals surface area contributed by atoms with E-state index in [1.807, 2.05) is 0 Å². The zero-order valence-electron chi connectivity index (χ0n) is 11.7. The van der Waals surface area contributed by atoms with Crippen molar-refractivity contribution >= 4 is 17.6 Å². The lowest BCUT2D eigenvalue weighted by atomic mass is 10.2. The molecule has 7 nitrogen and oxygen atoms in total. The third-order valence-corrected chi connectivity index (χ3v) is 3.12. The molecular formula is C13H19N3O4. The number of aryl methyl sites for hydroxylation is 1. The largest absolute Gasteiger partial charge is 0.376 e. The van der Waals surface area contributed by atoms with Crippen molar-refractivity contribution in [2.75, 3.05) is 24.6 Å². The number of rotatable bonds is 5. The van der Waals surface area contributed by atoms with Crippen molar-refractivity contribution in [1.82, 2.24) is 10.5 Å². The second kappa shape index (κ2) is 6.51. The smallest absolute Gasteiger partial charge is 0.240 e. The van der Waals surface area contributed by atoms with Crippen molar-refractivity contribution < 1.29 is 18.8 Å². The number of nitrogens with one attached hydrogen (secondary N) is 1. The van der Waals surface area contributed by atoms with E-state index >= 15 is 0 Å². The van der Waals surface area contributed by atoms with E-state index in [-0.39, 0.29) is 24.5 Å². The fourth-order valence-corrected chi connectivity index (χ4v) is 2.07. The lowest BCUT2D eigenvalue weighted by Gasteiger charge is -2.18. The highest BCUT2D eigenvalue weighted by Crippen LogP contribution is 2.14. The summed E-state index contributed by atoms with van der Waals surface area (Å²) >= 11 is 0. The van der Waals surface area contributed by atoms with Gasteiger partial charge in [-0.15, -0.1) is 0 Å². The molecule has 1 fully saturated rings. The van der Waals surface area contributed by atoms with Crippen molar-refractivity contribution in [3.63, 3.8) is 0 Å². The molecular weight excluding hydrogens is 262 g/mol. The molecule has 1 atom stereocenters. The van der Waals surface area contributed by atoms with Gasteiger partial charge in [0.25, 0.3) is 0 Å². The van der Waals surface area contributed by atoms with Crippen molar-refractivity contribution in [1.29, 1.82) is 0 Å². The molecule has 0 aliphatic carbocycles. The Kier molecular flexibility index (Phi) is 4.73. The fraction of sp³-hybridized carbons (Fsp3) is 0.615. The van der Waals surface area contributed by atoms with Gasteiger partial charge >= 0.3 is 0 Å². The molecule has 2 amide bonds. The van der Waals surface area contributed by atoms with E-state index in [4.69, 9.17) is 9.26 Å². The summed E-state index contributed by atoms with van der Waals surface area (Å²) in [6.07, 6.45) is 2.07. The van der Waals surface area contributed by atoms with Crippen LogP contribution < -0.4 is 10.2 Å². The Hall–Kier alpha value is -1.89. The number of nitrogens with zero attached hydrogens (tertiary/aromatic N) is 2. The van der Waals surface area contributed by atoms with Gasteiger partial charge < -0.3 is 14.6 Å². The zero-order valence-corrected chi connectivity index (χ0v) is 11.7. The van der Waals surface area contributed by atoms with E-state index in [9.17, 15) is 9.59 Å². The van der Waals surface area contributed by atoms with Gasteiger partial charge in [-0.3, -0.25) is 14.5 Å². The number of hydrogen-bond acceptors (Lipinski definition) is 5. The minimum atomic E-state index is -0.259. The van der Waals surface area contributed by atoms with Crippen LogP contribution in [0.3, 0.4) is 0 Å². The summed E-state index contributed by atoms with van der Waals surface area (Å²) in [5.74, 6) is 0.440. The fourth-order valence-electron chi connectivity index (χ4n) is 2.07. The number of ether oxygens (including phenoxy) is 1.